The Bertz CT molecular complexity index is 614. The van der Waals surface area contributed by atoms with Crippen LogP contribution in [0.1, 0.15) is 32.4 Å². The Morgan fingerprint density at radius 2 is 1.90 bits per heavy atom. The van der Waals surface area contributed by atoms with Crippen LogP contribution < -0.4 is 5.73 Å². The van der Waals surface area contributed by atoms with Crippen molar-refractivity contribution in [1.29, 1.82) is 0 Å². The van der Waals surface area contributed by atoms with Crippen LogP contribution in [0.25, 0.3) is 11.1 Å². The minimum Gasteiger partial charge on any atom is -0.383 e. The van der Waals surface area contributed by atoms with E-state index in [-0.39, 0.29) is 11.7 Å². The zero-order valence-corrected chi connectivity index (χ0v) is 12.9. The van der Waals surface area contributed by atoms with Crippen molar-refractivity contribution in [3.8, 4) is 11.1 Å². The Kier molecular flexibility index (Phi) is 4.04. The summed E-state index contributed by atoms with van der Waals surface area (Å²) in [5, 5.41) is 4.81. The number of nitrogens with two attached hydrogens (primary N) is 1. The summed E-state index contributed by atoms with van der Waals surface area (Å²) in [6.07, 6.45) is 0. The summed E-state index contributed by atoms with van der Waals surface area (Å²) in [4.78, 5) is 0. The lowest BCUT2D eigenvalue weighted by Crippen LogP contribution is -2.05. The average Bonchev–Trinajstić information content (AvgIpc) is 2.66. The van der Waals surface area contributed by atoms with E-state index in [4.69, 9.17) is 17.3 Å². The van der Waals surface area contributed by atoms with Crippen LogP contribution in [0, 0.1) is 11.7 Å². The number of nitrogens with zero attached hydrogens (tertiary/aromatic N) is 2. The number of hydrogen-bond donors (Lipinski definition) is 1. The highest BCUT2D eigenvalue weighted by atomic mass is 35.5. The number of aromatic nitrogens is 2. The van der Waals surface area contributed by atoms with Crippen LogP contribution in [0.3, 0.4) is 0 Å². The minimum absolute atomic E-state index is 0.157. The normalized spacial score (nSPS) is 12.9. The van der Waals surface area contributed by atoms with Crippen molar-refractivity contribution in [3.63, 3.8) is 0 Å². The zero-order chi connectivity index (χ0) is 15.0. The minimum atomic E-state index is -0.380. The molecule has 5 heteroatoms. The molecule has 0 aliphatic heterocycles. The van der Waals surface area contributed by atoms with Gasteiger partial charge in [-0.3, -0.25) is 4.68 Å². The third kappa shape index (κ3) is 2.40. The summed E-state index contributed by atoms with van der Waals surface area (Å²) < 4.78 is 15.8. The lowest BCUT2D eigenvalue weighted by molar-refractivity contribution is 0.517. The lowest BCUT2D eigenvalue weighted by Gasteiger charge is -2.16. The van der Waals surface area contributed by atoms with Gasteiger partial charge in [-0.15, -0.1) is 0 Å². The number of rotatable bonds is 3. The summed E-state index contributed by atoms with van der Waals surface area (Å²) in [6.45, 7) is 6.26. The highest BCUT2D eigenvalue weighted by molar-refractivity contribution is 6.33. The van der Waals surface area contributed by atoms with Crippen LogP contribution >= 0.6 is 11.6 Å². The van der Waals surface area contributed by atoms with Crippen LogP contribution in [0.5, 0.6) is 0 Å². The first-order valence-corrected chi connectivity index (χ1v) is 6.99. The molecule has 0 aliphatic rings. The van der Waals surface area contributed by atoms with Gasteiger partial charge in [-0.25, -0.2) is 4.39 Å². The second-order valence-electron chi connectivity index (χ2n) is 5.40. The number of halogens is 2. The molecule has 0 radical (unpaired) electrons. The van der Waals surface area contributed by atoms with E-state index in [2.05, 4.69) is 25.9 Å². The quantitative estimate of drug-likeness (QED) is 0.921. The molecule has 0 amide bonds. The summed E-state index contributed by atoms with van der Waals surface area (Å²) in [7, 11) is 1.75. The van der Waals surface area contributed by atoms with Crippen LogP contribution in [0.15, 0.2) is 18.2 Å². The number of anilines is 1. The van der Waals surface area contributed by atoms with Crippen LogP contribution in [0.4, 0.5) is 10.2 Å². The van der Waals surface area contributed by atoms with Crippen molar-refractivity contribution in [2.24, 2.45) is 13.0 Å². The second-order valence-corrected chi connectivity index (χ2v) is 5.81. The molecule has 1 heterocycles. The van der Waals surface area contributed by atoms with Gasteiger partial charge >= 0.3 is 0 Å². The van der Waals surface area contributed by atoms with Gasteiger partial charge in [-0.05, 0) is 18.1 Å². The second kappa shape index (κ2) is 5.44. The molecule has 0 spiro atoms. The predicted molar refractivity (Wildman–Crippen MR) is 81.3 cm³/mol. The largest absolute Gasteiger partial charge is 0.383 e. The van der Waals surface area contributed by atoms with E-state index in [1.54, 1.807) is 23.9 Å². The molecule has 2 N–H and O–H groups in total. The van der Waals surface area contributed by atoms with E-state index in [9.17, 15) is 4.39 Å². The number of nitrogen functional groups attached to an aromatic ring is 1. The number of benzene rings is 1. The van der Waals surface area contributed by atoms with Gasteiger partial charge in [0.25, 0.3) is 0 Å². The molecule has 0 saturated carbocycles. The molecular weight excluding hydrogens is 277 g/mol. The first-order valence-electron chi connectivity index (χ1n) is 6.61. The molecular formula is C15H19ClFN3. The molecule has 108 valence electrons. The lowest BCUT2D eigenvalue weighted by atomic mass is 9.90. The van der Waals surface area contributed by atoms with E-state index in [1.165, 1.54) is 6.07 Å². The van der Waals surface area contributed by atoms with Gasteiger partial charge in [0, 0.05) is 18.5 Å². The van der Waals surface area contributed by atoms with Crippen molar-refractivity contribution >= 4 is 17.4 Å². The Labute approximate surface area is 123 Å². The van der Waals surface area contributed by atoms with Crippen molar-refractivity contribution < 1.29 is 4.39 Å². The molecule has 0 bridgehead atoms. The molecule has 20 heavy (non-hydrogen) atoms. The molecule has 0 aliphatic carbocycles. The zero-order valence-electron chi connectivity index (χ0n) is 12.1. The summed E-state index contributed by atoms with van der Waals surface area (Å²) in [5.74, 6) is 0.576. The van der Waals surface area contributed by atoms with Gasteiger partial charge in [0.1, 0.15) is 11.6 Å². The predicted octanol–water partition coefficient (Wildman–Crippen LogP) is 4.22. The third-order valence-corrected chi connectivity index (χ3v) is 4.08. The van der Waals surface area contributed by atoms with Gasteiger partial charge in [-0.1, -0.05) is 38.4 Å². The fraction of sp³-hybridized carbons (Fsp3) is 0.400. The smallest absolute Gasteiger partial charge is 0.132 e. The monoisotopic (exact) mass is 295 g/mol. The SMILES string of the molecule is CC(C)C(C)c1nn(C)c(N)c1-c1c(F)cccc1Cl. The van der Waals surface area contributed by atoms with Gasteiger partial charge < -0.3 is 5.73 Å². The first-order chi connectivity index (χ1) is 9.34. The van der Waals surface area contributed by atoms with Gasteiger partial charge in [0.05, 0.1) is 16.3 Å². The van der Waals surface area contributed by atoms with Gasteiger partial charge in [-0.2, -0.15) is 5.10 Å². The Balaban J connectivity index is 2.74. The summed E-state index contributed by atoms with van der Waals surface area (Å²) in [6, 6.07) is 4.63. The molecule has 0 saturated heterocycles. The Morgan fingerprint density at radius 3 is 2.45 bits per heavy atom. The van der Waals surface area contributed by atoms with Crippen LogP contribution in [0.2, 0.25) is 5.02 Å². The maximum absolute atomic E-state index is 14.2. The van der Waals surface area contributed by atoms with Gasteiger partial charge in [0.15, 0.2) is 0 Å². The van der Waals surface area contributed by atoms with Crippen molar-refractivity contribution in [2.45, 2.75) is 26.7 Å². The molecule has 1 aromatic carbocycles. The van der Waals surface area contributed by atoms with Crippen molar-refractivity contribution in [3.05, 3.63) is 34.7 Å². The van der Waals surface area contributed by atoms with E-state index in [0.29, 0.717) is 27.9 Å². The molecule has 2 aromatic rings. The maximum Gasteiger partial charge on any atom is 0.132 e. The topological polar surface area (TPSA) is 43.8 Å². The highest BCUT2D eigenvalue weighted by Gasteiger charge is 2.25. The highest BCUT2D eigenvalue weighted by Crippen LogP contribution is 2.40. The fourth-order valence-corrected chi connectivity index (χ4v) is 2.44. The molecule has 1 atom stereocenters. The van der Waals surface area contributed by atoms with E-state index < -0.39 is 0 Å². The van der Waals surface area contributed by atoms with E-state index in [1.807, 2.05) is 0 Å². The Morgan fingerprint density at radius 1 is 1.25 bits per heavy atom. The summed E-state index contributed by atoms with van der Waals surface area (Å²) >= 11 is 6.17. The van der Waals surface area contributed by atoms with E-state index >= 15 is 0 Å². The maximum atomic E-state index is 14.2. The first kappa shape index (κ1) is 14.9. The van der Waals surface area contributed by atoms with Crippen molar-refractivity contribution in [1.82, 2.24) is 9.78 Å². The van der Waals surface area contributed by atoms with E-state index in [0.717, 1.165) is 5.69 Å². The number of aryl methyl sites for hydroxylation is 1. The molecule has 3 nitrogen and oxygen atoms in total. The molecule has 2 rings (SSSR count). The van der Waals surface area contributed by atoms with Crippen molar-refractivity contribution in [2.75, 3.05) is 5.73 Å². The molecule has 1 aromatic heterocycles. The summed E-state index contributed by atoms with van der Waals surface area (Å²) in [5.41, 5.74) is 7.81. The Hall–Kier alpha value is -1.55. The molecule has 1 unspecified atom stereocenters. The fourth-order valence-electron chi connectivity index (χ4n) is 2.19. The van der Waals surface area contributed by atoms with Crippen LogP contribution in [-0.4, -0.2) is 9.78 Å². The third-order valence-electron chi connectivity index (χ3n) is 3.76. The number of hydrogen-bond acceptors (Lipinski definition) is 2. The molecule has 0 fully saturated rings. The van der Waals surface area contributed by atoms with Crippen LogP contribution in [-0.2, 0) is 7.05 Å². The standard InChI is InChI=1S/C15H19ClFN3/c1-8(2)9(3)14-13(15(18)20(4)19-14)12-10(16)6-5-7-11(12)17/h5-9H,18H2,1-4H3. The van der Waals surface area contributed by atoms with Gasteiger partial charge in [0.2, 0.25) is 0 Å². The average molecular weight is 296 g/mol.